The van der Waals surface area contributed by atoms with Crippen molar-refractivity contribution in [2.24, 2.45) is 17.8 Å². The van der Waals surface area contributed by atoms with Crippen LogP contribution in [0.15, 0.2) is 65.3 Å². The van der Waals surface area contributed by atoms with Crippen LogP contribution in [0, 0.1) is 17.8 Å². The third-order valence-corrected chi connectivity index (χ3v) is 8.10. The van der Waals surface area contributed by atoms with Gasteiger partial charge in [-0.2, -0.15) is 13.2 Å². The van der Waals surface area contributed by atoms with E-state index in [4.69, 9.17) is 14.2 Å². The van der Waals surface area contributed by atoms with Crippen LogP contribution in [0.3, 0.4) is 0 Å². The van der Waals surface area contributed by atoms with Crippen LogP contribution in [0.5, 0.6) is 11.5 Å². The number of nitrogens with one attached hydrogen (secondary N) is 1. The van der Waals surface area contributed by atoms with Crippen LogP contribution in [0.25, 0.3) is 0 Å². The lowest BCUT2D eigenvalue weighted by atomic mass is 9.85. The maximum absolute atomic E-state index is 13.5. The summed E-state index contributed by atoms with van der Waals surface area (Å²) in [5, 5.41) is 3.17. The fourth-order valence-corrected chi connectivity index (χ4v) is 6.30. The van der Waals surface area contributed by atoms with Gasteiger partial charge in [0, 0.05) is 12.1 Å². The number of rotatable bonds is 10. The van der Waals surface area contributed by atoms with Gasteiger partial charge in [0.1, 0.15) is 11.2 Å². The maximum atomic E-state index is 13.5. The predicted octanol–water partition coefficient (Wildman–Crippen LogP) is 6.81. The minimum Gasteiger partial charge on any atom is -0.493 e. The molecule has 2 aliphatic rings. The fourth-order valence-electron chi connectivity index (χ4n) is 5.91. The molecule has 3 aromatic rings. The van der Waals surface area contributed by atoms with Gasteiger partial charge in [0.15, 0.2) is 17.2 Å². The van der Waals surface area contributed by atoms with E-state index in [1.165, 1.54) is 13.2 Å². The van der Waals surface area contributed by atoms with E-state index in [2.05, 4.69) is 26.2 Å². The van der Waals surface area contributed by atoms with Crippen LogP contribution in [-0.4, -0.2) is 30.6 Å². The summed E-state index contributed by atoms with van der Waals surface area (Å²) in [5.74, 6) is 1.24. The highest BCUT2D eigenvalue weighted by Crippen LogP contribution is 2.49. The van der Waals surface area contributed by atoms with E-state index in [9.17, 15) is 18.0 Å². The molecule has 2 fully saturated rings. The Morgan fingerprint density at radius 3 is 2.52 bits per heavy atom. The molecule has 1 aromatic heterocycles. The van der Waals surface area contributed by atoms with Gasteiger partial charge in [-0.1, -0.05) is 42.5 Å². The van der Waals surface area contributed by atoms with Crippen molar-refractivity contribution in [2.75, 3.05) is 13.7 Å². The molecule has 2 aromatic carbocycles. The van der Waals surface area contributed by atoms with Crippen LogP contribution >= 0.6 is 15.9 Å². The SMILES string of the molecule is COc1cc(Br)nc(C(=O)NC2CC3CC(COCc4cccc(C(F)(F)F)c4)C2C3)c1OCc1ccccc1. The fraction of sp³-hybridized carbons (Fsp3) is 0.400. The number of methoxy groups -OCH3 is 1. The number of aromatic nitrogens is 1. The first-order chi connectivity index (χ1) is 19.2. The number of nitrogens with zero attached hydrogens (tertiary/aromatic N) is 1. The number of amides is 1. The molecule has 1 heterocycles. The molecule has 10 heteroatoms. The van der Waals surface area contributed by atoms with Gasteiger partial charge in [-0.15, -0.1) is 0 Å². The van der Waals surface area contributed by atoms with Crippen molar-refractivity contribution in [1.29, 1.82) is 0 Å². The number of ether oxygens (including phenoxy) is 3. The third-order valence-electron chi connectivity index (χ3n) is 7.69. The molecule has 0 spiro atoms. The number of hydrogen-bond acceptors (Lipinski definition) is 5. The Kier molecular flexibility index (Phi) is 8.65. The first-order valence-corrected chi connectivity index (χ1v) is 14.0. The van der Waals surface area contributed by atoms with Crippen molar-refractivity contribution in [3.05, 3.63) is 87.7 Å². The molecule has 212 valence electrons. The molecule has 2 saturated carbocycles. The number of alkyl halides is 3. The standard InChI is InChI=1S/C30H30BrF3N2O4/c1-38-25-14-26(31)36-27(28(25)40-16-18-6-3-2-4-7-18)29(37)35-24-13-20-10-21(23(24)12-20)17-39-15-19-8-5-9-22(11-19)30(32,33)34/h2-9,11,14,20-21,23-24H,10,12-13,15-17H2,1H3,(H,35,37). The van der Waals surface area contributed by atoms with E-state index >= 15 is 0 Å². The average molecular weight is 619 g/mol. The summed E-state index contributed by atoms with van der Waals surface area (Å²) in [6.07, 6.45) is -1.55. The lowest BCUT2D eigenvalue weighted by Gasteiger charge is -2.30. The lowest BCUT2D eigenvalue weighted by molar-refractivity contribution is -0.137. The van der Waals surface area contributed by atoms with Crippen LogP contribution in [0.1, 0.15) is 46.4 Å². The second kappa shape index (κ2) is 12.2. The summed E-state index contributed by atoms with van der Waals surface area (Å²) in [5.41, 5.74) is 0.893. The van der Waals surface area contributed by atoms with E-state index in [0.29, 0.717) is 28.4 Å². The number of pyridine rings is 1. The predicted molar refractivity (Wildman–Crippen MR) is 146 cm³/mol. The second-order valence-electron chi connectivity index (χ2n) is 10.4. The van der Waals surface area contributed by atoms with Crippen LogP contribution in [-0.2, 0) is 24.1 Å². The highest BCUT2D eigenvalue weighted by molar-refractivity contribution is 9.10. The highest BCUT2D eigenvalue weighted by Gasteiger charge is 2.47. The number of benzene rings is 2. The number of carbonyl (C=O) groups excluding carboxylic acids is 1. The molecular weight excluding hydrogens is 589 g/mol. The molecule has 2 aliphatic carbocycles. The van der Waals surface area contributed by atoms with Gasteiger partial charge in [-0.05, 0) is 76.2 Å². The normalized spacial score (nSPS) is 21.8. The van der Waals surface area contributed by atoms with Crippen molar-refractivity contribution in [3.8, 4) is 11.5 Å². The zero-order valence-electron chi connectivity index (χ0n) is 21.9. The molecule has 0 radical (unpaired) electrons. The van der Waals surface area contributed by atoms with Crippen molar-refractivity contribution in [1.82, 2.24) is 10.3 Å². The Bertz CT molecular complexity index is 1340. The molecule has 1 amide bonds. The summed E-state index contributed by atoms with van der Waals surface area (Å²) in [6, 6.07) is 16.4. The molecule has 0 aliphatic heterocycles. The van der Waals surface area contributed by atoms with Crippen molar-refractivity contribution in [2.45, 2.75) is 44.7 Å². The van der Waals surface area contributed by atoms with E-state index in [-0.39, 0.29) is 48.4 Å². The first-order valence-electron chi connectivity index (χ1n) is 13.2. The van der Waals surface area contributed by atoms with Crippen molar-refractivity contribution in [3.63, 3.8) is 0 Å². The Morgan fingerprint density at radius 2 is 1.80 bits per heavy atom. The van der Waals surface area contributed by atoms with E-state index < -0.39 is 11.7 Å². The number of halogens is 4. The molecule has 40 heavy (non-hydrogen) atoms. The second-order valence-corrected chi connectivity index (χ2v) is 11.2. The molecule has 4 unspecified atom stereocenters. The van der Waals surface area contributed by atoms with E-state index in [1.807, 2.05) is 30.3 Å². The van der Waals surface area contributed by atoms with Crippen LogP contribution < -0.4 is 14.8 Å². The van der Waals surface area contributed by atoms with Gasteiger partial charge in [-0.25, -0.2) is 4.98 Å². The summed E-state index contributed by atoms with van der Waals surface area (Å²) in [7, 11) is 1.51. The van der Waals surface area contributed by atoms with Gasteiger partial charge in [-0.3, -0.25) is 4.79 Å². The summed E-state index contributed by atoms with van der Waals surface area (Å²) in [4.78, 5) is 17.9. The Morgan fingerprint density at radius 1 is 1.02 bits per heavy atom. The summed E-state index contributed by atoms with van der Waals surface area (Å²) >= 11 is 3.36. The van der Waals surface area contributed by atoms with Gasteiger partial charge >= 0.3 is 6.18 Å². The maximum Gasteiger partial charge on any atom is 0.416 e. The van der Waals surface area contributed by atoms with E-state index in [0.717, 1.165) is 37.0 Å². The molecular formula is C30H30BrF3N2O4. The van der Waals surface area contributed by atoms with Crippen molar-refractivity contribution < 1.29 is 32.2 Å². The third kappa shape index (κ3) is 6.61. The quantitative estimate of drug-likeness (QED) is 0.253. The monoisotopic (exact) mass is 618 g/mol. The molecule has 6 nitrogen and oxygen atoms in total. The van der Waals surface area contributed by atoms with Gasteiger partial charge in [0.05, 0.1) is 25.9 Å². The first kappa shape index (κ1) is 28.4. The largest absolute Gasteiger partial charge is 0.493 e. The zero-order chi connectivity index (χ0) is 28.3. The molecule has 0 saturated heterocycles. The van der Waals surface area contributed by atoms with Crippen LogP contribution in [0.2, 0.25) is 0 Å². The Balaban J connectivity index is 1.22. The van der Waals surface area contributed by atoms with Gasteiger partial charge < -0.3 is 19.5 Å². The smallest absolute Gasteiger partial charge is 0.416 e. The minimum absolute atomic E-state index is 0.0536. The lowest BCUT2D eigenvalue weighted by Crippen LogP contribution is -2.42. The Labute approximate surface area is 239 Å². The van der Waals surface area contributed by atoms with Crippen LogP contribution in [0.4, 0.5) is 13.2 Å². The summed E-state index contributed by atoms with van der Waals surface area (Å²) < 4.78 is 56.9. The number of fused-ring (bicyclic) bond motifs is 2. The Hall–Kier alpha value is -3.11. The minimum atomic E-state index is -4.38. The van der Waals surface area contributed by atoms with Gasteiger partial charge in [0.2, 0.25) is 0 Å². The number of hydrogen-bond donors (Lipinski definition) is 1. The molecule has 4 atom stereocenters. The average Bonchev–Trinajstić information content (AvgIpc) is 3.52. The summed E-state index contributed by atoms with van der Waals surface area (Å²) in [6.45, 7) is 0.789. The molecule has 1 N–H and O–H groups in total. The molecule has 2 bridgehead atoms. The zero-order valence-corrected chi connectivity index (χ0v) is 23.5. The topological polar surface area (TPSA) is 69.7 Å². The van der Waals surface area contributed by atoms with E-state index in [1.54, 1.807) is 12.1 Å². The molecule has 5 rings (SSSR count). The van der Waals surface area contributed by atoms with Crippen molar-refractivity contribution >= 4 is 21.8 Å². The number of carbonyl (C=O) groups is 1. The highest BCUT2D eigenvalue weighted by atomic mass is 79.9. The van der Waals surface area contributed by atoms with Gasteiger partial charge in [0.25, 0.3) is 5.91 Å².